The number of nitrogens with two attached hydrogens (primary N) is 1. The molecule has 0 atom stereocenters. The number of rotatable bonds is 6. The standard InChI is InChI=1S/C20H30N6O/c1-4-6-15-13-18(25-24-15)23-17-8-5-7-16(22-17)14-9-11-26(12-10-14)19(27)20(2,3)21/h5,7-8,13-14H,4,6,9-12,21H2,1-3H3,(H2,22,23,24,25). The van der Waals surface area contributed by atoms with Gasteiger partial charge in [0.15, 0.2) is 5.82 Å². The lowest BCUT2D eigenvalue weighted by molar-refractivity contribution is -0.136. The number of hydrogen-bond acceptors (Lipinski definition) is 5. The maximum Gasteiger partial charge on any atom is 0.242 e. The van der Waals surface area contributed by atoms with E-state index in [2.05, 4.69) is 28.5 Å². The van der Waals surface area contributed by atoms with Crippen LogP contribution in [0.3, 0.4) is 0 Å². The van der Waals surface area contributed by atoms with Crippen LogP contribution in [0.1, 0.15) is 57.3 Å². The number of nitrogens with one attached hydrogen (secondary N) is 2. The smallest absolute Gasteiger partial charge is 0.242 e. The summed E-state index contributed by atoms with van der Waals surface area (Å²) in [5.41, 5.74) is 7.32. The SMILES string of the molecule is CCCc1cc(Nc2cccc(C3CCN(C(=O)C(C)(C)N)CC3)n2)n[nH]1. The van der Waals surface area contributed by atoms with Crippen LogP contribution in [0.5, 0.6) is 0 Å². The highest BCUT2D eigenvalue weighted by molar-refractivity contribution is 5.85. The third-order valence-corrected chi connectivity index (χ3v) is 4.93. The van der Waals surface area contributed by atoms with Crippen LogP contribution < -0.4 is 11.1 Å². The van der Waals surface area contributed by atoms with Crippen molar-refractivity contribution >= 4 is 17.5 Å². The number of carbonyl (C=O) groups is 1. The summed E-state index contributed by atoms with van der Waals surface area (Å²) in [4.78, 5) is 19.0. The highest BCUT2D eigenvalue weighted by atomic mass is 16.2. The van der Waals surface area contributed by atoms with Gasteiger partial charge in [0.25, 0.3) is 0 Å². The first-order valence-corrected chi connectivity index (χ1v) is 9.73. The number of aromatic nitrogens is 3. The van der Waals surface area contributed by atoms with Crippen LogP contribution in [-0.2, 0) is 11.2 Å². The molecule has 1 saturated heterocycles. The molecule has 1 aliphatic heterocycles. The lowest BCUT2D eigenvalue weighted by Crippen LogP contribution is -2.53. The Bertz CT molecular complexity index is 771. The van der Waals surface area contributed by atoms with Crippen LogP contribution in [-0.4, -0.2) is 44.6 Å². The third-order valence-electron chi connectivity index (χ3n) is 4.93. The highest BCUT2D eigenvalue weighted by Crippen LogP contribution is 2.28. The van der Waals surface area contributed by atoms with Gasteiger partial charge in [-0.2, -0.15) is 5.10 Å². The molecule has 3 rings (SSSR count). The van der Waals surface area contributed by atoms with Crippen molar-refractivity contribution in [3.05, 3.63) is 35.7 Å². The minimum atomic E-state index is -0.810. The summed E-state index contributed by atoms with van der Waals surface area (Å²) in [5, 5.41) is 10.6. The number of piperidine rings is 1. The summed E-state index contributed by atoms with van der Waals surface area (Å²) in [6.45, 7) is 7.12. The average molecular weight is 371 g/mol. The minimum absolute atomic E-state index is 0.0192. The zero-order chi connectivity index (χ0) is 19.4. The summed E-state index contributed by atoms with van der Waals surface area (Å²) in [6, 6.07) is 8.06. The molecule has 27 heavy (non-hydrogen) atoms. The minimum Gasteiger partial charge on any atom is -0.341 e. The fourth-order valence-corrected chi connectivity index (χ4v) is 3.49. The number of carbonyl (C=O) groups excluding carboxylic acids is 1. The first-order valence-electron chi connectivity index (χ1n) is 9.73. The van der Waals surface area contributed by atoms with E-state index in [1.54, 1.807) is 13.8 Å². The van der Waals surface area contributed by atoms with Crippen molar-refractivity contribution in [3.63, 3.8) is 0 Å². The van der Waals surface area contributed by atoms with Crippen LogP contribution in [0.2, 0.25) is 0 Å². The maximum absolute atomic E-state index is 12.3. The average Bonchev–Trinajstić information content (AvgIpc) is 3.08. The van der Waals surface area contributed by atoms with Crippen molar-refractivity contribution in [2.75, 3.05) is 18.4 Å². The molecule has 2 aromatic rings. The summed E-state index contributed by atoms with van der Waals surface area (Å²) < 4.78 is 0. The highest BCUT2D eigenvalue weighted by Gasteiger charge is 2.31. The number of likely N-dealkylation sites (tertiary alicyclic amines) is 1. The molecule has 4 N–H and O–H groups in total. The van der Waals surface area contributed by atoms with Gasteiger partial charge in [0.2, 0.25) is 5.91 Å². The van der Waals surface area contributed by atoms with Gasteiger partial charge in [0.05, 0.1) is 5.54 Å². The van der Waals surface area contributed by atoms with Gasteiger partial charge in [-0.25, -0.2) is 4.98 Å². The molecule has 3 heterocycles. The van der Waals surface area contributed by atoms with Crippen LogP contribution in [0, 0.1) is 0 Å². The molecule has 2 aromatic heterocycles. The van der Waals surface area contributed by atoms with E-state index in [1.165, 1.54) is 0 Å². The number of nitrogens with zero attached hydrogens (tertiary/aromatic N) is 3. The van der Waals surface area contributed by atoms with Crippen LogP contribution in [0.15, 0.2) is 24.3 Å². The van der Waals surface area contributed by atoms with E-state index in [1.807, 2.05) is 23.1 Å². The van der Waals surface area contributed by atoms with E-state index in [0.717, 1.165) is 61.8 Å². The Hall–Kier alpha value is -2.41. The number of amides is 1. The second-order valence-corrected chi connectivity index (χ2v) is 7.89. The van der Waals surface area contributed by atoms with Crippen LogP contribution in [0.25, 0.3) is 0 Å². The molecule has 7 nitrogen and oxygen atoms in total. The van der Waals surface area contributed by atoms with Crippen molar-refractivity contribution in [1.82, 2.24) is 20.1 Å². The van der Waals surface area contributed by atoms with Crippen molar-refractivity contribution in [3.8, 4) is 0 Å². The number of H-pyrrole nitrogens is 1. The molecule has 0 bridgehead atoms. The Labute approximate surface area is 160 Å². The molecule has 0 saturated carbocycles. The van der Waals surface area contributed by atoms with Gasteiger partial charge in [-0.3, -0.25) is 9.89 Å². The lowest BCUT2D eigenvalue weighted by atomic mass is 9.92. The van der Waals surface area contributed by atoms with Gasteiger partial charge in [-0.1, -0.05) is 19.4 Å². The molecular weight excluding hydrogens is 340 g/mol. The lowest BCUT2D eigenvalue weighted by Gasteiger charge is -2.35. The quantitative estimate of drug-likeness (QED) is 0.726. The van der Waals surface area contributed by atoms with Gasteiger partial charge in [-0.15, -0.1) is 0 Å². The number of aryl methyl sites for hydroxylation is 1. The Morgan fingerprint density at radius 1 is 1.33 bits per heavy atom. The maximum atomic E-state index is 12.3. The summed E-state index contributed by atoms with van der Waals surface area (Å²) in [7, 11) is 0. The Morgan fingerprint density at radius 3 is 2.74 bits per heavy atom. The fourth-order valence-electron chi connectivity index (χ4n) is 3.49. The van der Waals surface area contributed by atoms with E-state index in [4.69, 9.17) is 10.7 Å². The van der Waals surface area contributed by atoms with Gasteiger partial charge in [0.1, 0.15) is 5.82 Å². The molecule has 0 spiro atoms. The molecule has 0 radical (unpaired) electrons. The van der Waals surface area contributed by atoms with Crippen molar-refractivity contribution in [1.29, 1.82) is 0 Å². The van der Waals surface area contributed by atoms with Crippen LogP contribution >= 0.6 is 0 Å². The fraction of sp³-hybridized carbons (Fsp3) is 0.550. The van der Waals surface area contributed by atoms with Gasteiger partial charge < -0.3 is 16.0 Å². The van der Waals surface area contributed by atoms with Crippen molar-refractivity contribution in [2.45, 2.75) is 57.9 Å². The zero-order valence-corrected chi connectivity index (χ0v) is 16.5. The second-order valence-electron chi connectivity index (χ2n) is 7.89. The predicted molar refractivity (Wildman–Crippen MR) is 107 cm³/mol. The molecule has 1 aliphatic rings. The largest absolute Gasteiger partial charge is 0.341 e. The third kappa shape index (κ3) is 4.86. The van der Waals surface area contributed by atoms with Gasteiger partial charge in [0, 0.05) is 36.5 Å². The molecule has 0 aromatic carbocycles. The second kappa shape index (κ2) is 8.08. The summed E-state index contributed by atoms with van der Waals surface area (Å²) >= 11 is 0. The molecule has 1 fully saturated rings. The molecule has 0 aliphatic carbocycles. The van der Waals surface area contributed by atoms with Crippen molar-refractivity contribution < 1.29 is 4.79 Å². The Kier molecular flexibility index (Phi) is 5.79. The topological polar surface area (TPSA) is 99.9 Å². The van der Waals surface area contributed by atoms with Gasteiger partial charge >= 0.3 is 0 Å². The molecular formula is C20H30N6O. The van der Waals surface area contributed by atoms with Crippen LogP contribution in [0.4, 0.5) is 11.6 Å². The number of aromatic amines is 1. The van der Waals surface area contributed by atoms with E-state index in [-0.39, 0.29) is 5.91 Å². The summed E-state index contributed by atoms with van der Waals surface area (Å²) in [6.07, 6.45) is 3.87. The van der Waals surface area contributed by atoms with E-state index >= 15 is 0 Å². The molecule has 7 heteroatoms. The molecule has 0 unspecified atom stereocenters. The number of pyridine rings is 1. The van der Waals surface area contributed by atoms with E-state index < -0.39 is 5.54 Å². The number of anilines is 2. The monoisotopic (exact) mass is 370 g/mol. The predicted octanol–water partition coefficient (Wildman–Crippen LogP) is 2.94. The van der Waals surface area contributed by atoms with E-state index in [9.17, 15) is 4.79 Å². The first kappa shape index (κ1) is 19.4. The van der Waals surface area contributed by atoms with Crippen molar-refractivity contribution in [2.24, 2.45) is 5.73 Å². The Morgan fingerprint density at radius 2 is 2.07 bits per heavy atom. The Balaban J connectivity index is 1.61. The normalized spacial score (nSPS) is 15.8. The molecule has 1 amide bonds. The van der Waals surface area contributed by atoms with Gasteiger partial charge in [-0.05, 0) is 45.2 Å². The summed E-state index contributed by atoms with van der Waals surface area (Å²) in [5.74, 6) is 1.95. The molecule has 146 valence electrons. The number of hydrogen-bond donors (Lipinski definition) is 3. The van der Waals surface area contributed by atoms with E-state index in [0.29, 0.717) is 5.92 Å². The zero-order valence-electron chi connectivity index (χ0n) is 16.5. The first-order chi connectivity index (χ1) is 12.9.